The van der Waals surface area contributed by atoms with E-state index < -0.39 is 0 Å². The van der Waals surface area contributed by atoms with Gasteiger partial charge in [-0.05, 0) is 47.7 Å². The first-order chi connectivity index (χ1) is 8.74. The van der Waals surface area contributed by atoms with Gasteiger partial charge in [0.05, 0.1) is 0 Å². The second kappa shape index (κ2) is 4.67. The Kier molecular flexibility index (Phi) is 3.16. The molecule has 0 aliphatic heterocycles. The van der Waals surface area contributed by atoms with Crippen LogP contribution >= 0.6 is 11.3 Å². The van der Waals surface area contributed by atoms with Crippen molar-refractivity contribution in [3.05, 3.63) is 35.2 Å². The molecular formula is C16H21NS. The van der Waals surface area contributed by atoms with Crippen LogP contribution in [0.5, 0.6) is 0 Å². The van der Waals surface area contributed by atoms with Crippen molar-refractivity contribution < 1.29 is 0 Å². The van der Waals surface area contributed by atoms with Gasteiger partial charge in [-0.1, -0.05) is 38.0 Å². The summed E-state index contributed by atoms with van der Waals surface area (Å²) in [6.07, 6.45) is 5.47. The lowest BCUT2D eigenvalue weighted by Crippen LogP contribution is -2.32. The van der Waals surface area contributed by atoms with Gasteiger partial charge in [0.2, 0.25) is 0 Å². The summed E-state index contributed by atoms with van der Waals surface area (Å²) in [6.45, 7) is 2.45. The van der Waals surface area contributed by atoms with E-state index in [0.29, 0.717) is 11.5 Å². The van der Waals surface area contributed by atoms with Gasteiger partial charge < -0.3 is 5.32 Å². The van der Waals surface area contributed by atoms with Gasteiger partial charge in [-0.3, -0.25) is 0 Å². The predicted octanol–water partition coefficient (Wildman–Crippen LogP) is 4.74. The van der Waals surface area contributed by atoms with Crippen LogP contribution in [0, 0.1) is 5.41 Å². The summed E-state index contributed by atoms with van der Waals surface area (Å²) in [7, 11) is 2.11. The maximum absolute atomic E-state index is 3.59. The molecule has 1 fully saturated rings. The van der Waals surface area contributed by atoms with Crippen molar-refractivity contribution in [2.24, 2.45) is 5.41 Å². The van der Waals surface area contributed by atoms with E-state index in [1.165, 1.54) is 41.3 Å². The number of hydrogen-bond acceptors (Lipinski definition) is 2. The molecule has 1 unspecified atom stereocenters. The molecule has 96 valence electrons. The second-order valence-corrected chi connectivity index (χ2v) is 6.68. The molecule has 2 heteroatoms. The van der Waals surface area contributed by atoms with E-state index in [1.807, 2.05) is 11.3 Å². The van der Waals surface area contributed by atoms with Crippen LogP contribution in [0.4, 0.5) is 0 Å². The molecule has 1 aliphatic rings. The third-order valence-electron chi connectivity index (χ3n) is 4.55. The largest absolute Gasteiger partial charge is 0.312 e. The molecule has 18 heavy (non-hydrogen) atoms. The topological polar surface area (TPSA) is 12.0 Å². The van der Waals surface area contributed by atoms with E-state index in [0.717, 1.165) is 0 Å². The lowest BCUT2D eigenvalue weighted by atomic mass is 9.77. The van der Waals surface area contributed by atoms with E-state index in [9.17, 15) is 0 Å². The standard InChI is InChI=1S/C16H21NS/c1-16(9-5-6-10-16)15(17-2)13-11-18-14-8-4-3-7-12(13)14/h3-4,7-8,11,15,17H,5-6,9-10H2,1-2H3. The Hall–Kier alpha value is -0.860. The molecule has 0 radical (unpaired) electrons. The summed E-state index contributed by atoms with van der Waals surface area (Å²) in [5.41, 5.74) is 1.93. The van der Waals surface area contributed by atoms with Crippen molar-refractivity contribution in [2.75, 3.05) is 7.05 Å². The quantitative estimate of drug-likeness (QED) is 0.839. The van der Waals surface area contributed by atoms with Crippen LogP contribution in [0.2, 0.25) is 0 Å². The Bertz CT molecular complexity index is 537. The lowest BCUT2D eigenvalue weighted by Gasteiger charge is -2.34. The molecule has 1 aliphatic carbocycles. The van der Waals surface area contributed by atoms with Crippen LogP contribution in [0.25, 0.3) is 10.1 Å². The Morgan fingerprint density at radius 3 is 2.67 bits per heavy atom. The molecule has 0 saturated heterocycles. The fraction of sp³-hybridized carbons (Fsp3) is 0.500. The normalized spacial score (nSPS) is 20.3. The van der Waals surface area contributed by atoms with Gasteiger partial charge in [0.15, 0.2) is 0 Å². The average molecular weight is 259 g/mol. The zero-order valence-electron chi connectivity index (χ0n) is 11.2. The van der Waals surface area contributed by atoms with Crippen molar-refractivity contribution >= 4 is 21.4 Å². The second-order valence-electron chi connectivity index (χ2n) is 5.77. The number of thiophene rings is 1. The molecule has 0 spiro atoms. The Balaban J connectivity index is 2.06. The average Bonchev–Trinajstić information content (AvgIpc) is 2.99. The van der Waals surface area contributed by atoms with Gasteiger partial charge >= 0.3 is 0 Å². The highest BCUT2D eigenvalue weighted by Crippen LogP contribution is 2.49. The van der Waals surface area contributed by atoms with E-state index >= 15 is 0 Å². The van der Waals surface area contributed by atoms with E-state index in [2.05, 4.69) is 48.9 Å². The monoisotopic (exact) mass is 259 g/mol. The van der Waals surface area contributed by atoms with Gasteiger partial charge in [-0.25, -0.2) is 0 Å². The molecule has 1 atom stereocenters. The predicted molar refractivity (Wildman–Crippen MR) is 80.2 cm³/mol. The third kappa shape index (κ3) is 1.88. The van der Waals surface area contributed by atoms with E-state index in [1.54, 1.807) is 0 Å². The SMILES string of the molecule is CNC(c1csc2ccccc12)C1(C)CCCC1. The fourth-order valence-corrected chi connectivity index (χ4v) is 4.56. The molecule has 1 heterocycles. The van der Waals surface area contributed by atoms with Crippen LogP contribution in [0.3, 0.4) is 0 Å². The van der Waals surface area contributed by atoms with Crippen LogP contribution in [0.1, 0.15) is 44.2 Å². The molecule has 0 amide bonds. The molecular weight excluding hydrogens is 238 g/mol. The minimum absolute atomic E-state index is 0.429. The van der Waals surface area contributed by atoms with Crippen molar-refractivity contribution in [1.82, 2.24) is 5.32 Å². The van der Waals surface area contributed by atoms with Crippen molar-refractivity contribution in [2.45, 2.75) is 38.6 Å². The minimum atomic E-state index is 0.429. The first-order valence-corrected chi connectivity index (χ1v) is 7.76. The lowest BCUT2D eigenvalue weighted by molar-refractivity contribution is 0.235. The van der Waals surface area contributed by atoms with Gasteiger partial charge in [0.1, 0.15) is 0 Å². The number of nitrogens with one attached hydrogen (secondary N) is 1. The summed E-state index contributed by atoms with van der Waals surface area (Å²) in [5, 5.41) is 7.38. The number of fused-ring (bicyclic) bond motifs is 1. The molecule has 3 rings (SSSR count). The van der Waals surface area contributed by atoms with Crippen molar-refractivity contribution in [1.29, 1.82) is 0 Å². The number of benzene rings is 1. The molecule has 1 nitrogen and oxygen atoms in total. The van der Waals surface area contributed by atoms with Gasteiger partial charge in [-0.15, -0.1) is 11.3 Å². The van der Waals surface area contributed by atoms with Crippen LogP contribution in [-0.4, -0.2) is 7.05 Å². The Labute approximate surface area is 113 Å². The smallest absolute Gasteiger partial charge is 0.0386 e. The van der Waals surface area contributed by atoms with Crippen molar-refractivity contribution in [3.63, 3.8) is 0 Å². The van der Waals surface area contributed by atoms with Crippen LogP contribution in [0.15, 0.2) is 29.6 Å². The zero-order valence-corrected chi connectivity index (χ0v) is 12.0. The summed E-state index contributed by atoms with van der Waals surface area (Å²) in [6, 6.07) is 9.28. The fourth-order valence-electron chi connectivity index (χ4n) is 3.57. The van der Waals surface area contributed by atoms with E-state index in [4.69, 9.17) is 0 Å². The molecule has 0 bridgehead atoms. The Morgan fingerprint density at radius 2 is 1.94 bits per heavy atom. The molecule has 2 aromatic rings. The zero-order chi connectivity index (χ0) is 12.6. The number of rotatable bonds is 3. The van der Waals surface area contributed by atoms with Gasteiger partial charge in [0, 0.05) is 10.7 Å². The molecule has 1 aromatic carbocycles. The first-order valence-electron chi connectivity index (χ1n) is 6.88. The highest BCUT2D eigenvalue weighted by molar-refractivity contribution is 7.17. The molecule has 1 aromatic heterocycles. The maximum atomic E-state index is 3.59. The summed E-state index contributed by atoms with van der Waals surface area (Å²) >= 11 is 1.88. The third-order valence-corrected chi connectivity index (χ3v) is 5.54. The van der Waals surface area contributed by atoms with Crippen LogP contribution < -0.4 is 5.32 Å². The highest BCUT2D eigenvalue weighted by Gasteiger charge is 2.37. The molecule has 1 N–H and O–H groups in total. The Morgan fingerprint density at radius 1 is 1.22 bits per heavy atom. The van der Waals surface area contributed by atoms with Gasteiger partial charge in [-0.2, -0.15) is 0 Å². The highest BCUT2D eigenvalue weighted by atomic mass is 32.1. The summed E-state index contributed by atoms with van der Waals surface area (Å²) < 4.78 is 1.41. The number of hydrogen-bond donors (Lipinski definition) is 1. The first kappa shape index (κ1) is 12.2. The van der Waals surface area contributed by atoms with Crippen LogP contribution in [-0.2, 0) is 0 Å². The minimum Gasteiger partial charge on any atom is -0.312 e. The van der Waals surface area contributed by atoms with Gasteiger partial charge in [0.25, 0.3) is 0 Å². The van der Waals surface area contributed by atoms with E-state index in [-0.39, 0.29) is 0 Å². The summed E-state index contributed by atoms with van der Waals surface area (Å²) in [4.78, 5) is 0. The summed E-state index contributed by atoms with van der Waals surface area (Å²) in [5.74, 6) is 0. The van der Waals surface area contributed by atoms with Crippen molar-refractivity contribution in [3.8, 4) is 0 Å². The maximum Gasteiger partial charge on any atom is 0.0386 e. The molecule has 1 saturated carbocycles.